The fourth-order valence-corrected chi connectivity index (χ4v) is 1.60. The van der Waals surface area contributed by atoms with Crippen LogP contribution in [0.3, 0.4) is 0 Å². The van der Waals surface area contributed by atoms with E-state index in [4.69, 9.17) is 5.90 Å². The van der Waals surface area contributed by atoms with Crippen molar-refractivity contribution in [1.82, 2.24) is 4.90 Å². The van der Waals surface area contributed by atoms with Gasteiger partial charge in [-0.3, -0.25) is 4.84 Å². The summed E-state index contributed by atoms with van der Waals surface area (Å²) in [7, 11) is 3.92. The molecular weight excluding hydrogens is 192 g/mol. The normalized spacial score (nSPS) is 11.0. The number of hydrogen-bond donors (Lipinski definition) is 2. The van der Waals surface area contributed by atoms with E-state index in [0.717, 1.165) is 16.7 Å². The molecular formula is C11H18N2O2. The van der Waals surface area contributed by atoms with Crippen LogP contribution in [0, 0.1) is 6.92 Å². The quantitative estimate of drug-likeness (QED) is 0.732. The van der Waals surface area contributed by atoms with Crippen molar-refractivity contribution in [2.24, 2.45) is 5.90 Å². The van der Waals surface area contributed by atoms with E-state index in [9.17, 15) is 5.11 Å². The van der Waals surface area contributed by atoms with Crippen molar-refractivity contribution in [3.05, 3.63) is 28.8 Å². The first kappa shape index (κ1) is 12.0. The second-order valence-electron chi connectivity index (χ2n) is 3.98. The summed E-state index contributed by atoms with van der Waals surface area (Å²) < 4.78 is 0. The Labute approximate surface area is 90.2 Å². The lowest BCUT2D eigenvalue weighted by Gasteiger charge is -2.14. The van der Waals surface area contributed by atoms with E-state index in [0.29, 0.717) is 6.54 Å². The third-order valence-corrected chi connectivity index (χ3v) is 2.14. The van der Waals surface area contributed by atoms with Crippen LogP contribution in [-0.2, 0) is 18.0 Å². The number of benzene rings is 1. The molecule has 15 heavy (non-hydrogen) atoms. The van der Waals surface area contributed by atoms with Gasteiger partial charge in [0.25, 0.3) is 0 Å². The first-order valence-electron chi connectivity index (χ1n) is 4.82. The zero-order chi connectivity index (χ0) is 11.4. The van der Waals surface area contributed by atoms with Crippen LogP contribution in [0.1, 0.15) is 16.7 Å². The molecule has 0 aliphatic heterocycles. The average Bonchev–Trinajstić information content (AvgIpc) is 2.12. The minimum Gasteiger partial charge on any atom is -0.507 e. The van der Waals surface area contributed by atoms with Crippen molar-refractivity contribution in [3.8, 4) is 5.75 Å². The molecule has 0 aliphatic carbocycles. The van der Waals surface area contributed by atoms with Gasteiger partial charge >= 0.3 is 0 Å². The average molecular weight is 210 g/mol. The molecule has 0 amide bonds. The van der Waals surface area contributed by atoms with E-state index in [1.807, 2.05) is 38.1 Å². The van der Waals surface area contributed by atoms with Gasteiger partial charge in [0.1, 0.15) is 5.75 Å². The van der Waals surface area contributed by atoms with Gasteiger partial charge in [-0.05, 0) is 27.1 Å². The number of rotatable bonds is 4. The second kappa shape index (κ2) is 5.11. The number of phenolic OH excluding ortho intramolecular Hbond substituents is 1. The standard InChI is InChI=1S/C11H18N2O2/c1-8-4-9(6-13(2)3)11(14)10(5-8)7-15-12/h4-5,14H,6-7,12H2,1-3H3. The molecule has 3 N–H and O–H groups in total. The molecule has 0 heterocycles. The summed E-state index contributed by atoms with van der Waals surface area (Å²) in [5, 5.41) is 9.93. The SMILES string of the molecule is Cc1cc(CON)c(O)c(CN(C)C)c1. The van der Waals surface area contributed by atoms with E-state index in [1.54, 1.807) is 0 Å². The molecule has 4 heteroatoms. The third kappa shape index (κ3) is 3.20. The van der Waals surface area contributed by atoms with Gasteiger partial charge in [0.05, 0.1) is 6.61 Å². The molecule has 0 bridgehead atoms. The maximum atomic E-state index is 9.93. The van der Waals surface area contributed by atoms with Gasteiger partial charge in [-0.25, -0.2) is 5.90 Å². The topological polar surface area (TPSA) is 58.7 Å². The zero-order valence-corrected chi connectivity index (χ0v) is 9.45. The molecule has 0 atom stereocenters. The van der Waals surface area contributed by atoms with Crippen LogP contribution in [0.2, 0.25) is 0 Å². The van der Waals surface area contributed by atoms with Gasteiger partial charge < -0.3 is 10.0 Å². The fraction of sp³-hybridized carbons (Fsp3) is 0.455. The van der Waals surface area contributed by atoms with E-state index in [-0.39, 0.29) is 12.4 Å². The lowest BCUT2D eigenvalue weighted by Crippen LogP contribution is -2.11. The maximum Gasteiger partial charge on any atom is 0.125 e. The van der Waals surface area contributed by atoms with Gasteiger partial charge in [-0.15, -0.1) is 0 Å². The number of nitrogens with zero attached hydrogens (tertiary/aromatic N) is 1. The van der Waals surface area contributed by atoms with Crippen LogP contribution < -0.4 is 5.90 Å². The minimum absolute atomic E-state index is 0.230. The van der Waals surface area contributed by atoms with E-state index >= 15 is 0 Å². The number of nitrogens with two attached hydrogens (primary N) is 1. The number of phenols is 1. The molecule has 1 aromatic carbocycles. The predicted molar refractivity (Wildman–Crippen MR) is 59.2 cm³/mol. The van der Waals surface area contributed by atoms with E-state index in [2.05, 4.69) is 4.84 Å². The number of aryl methyl sites for hydroxylation is 1. The predicted octanol–water partition coefficient (Wildman–Crippen LogP) is 1.15. The van der Waals surface area contributed by atoms with Gasteiger partial charge in [0.2, 0.25) is 0 Å². The van der Waals surface area contributed by atoms with Crippen molar-refractivity contribution >= 4 is 0 Å². The maximum absolute atomic E-state index is 9.93. The molecule has 1 aromatic rings. The first-order valence-corrected chi connectivity index (χ1v) is 4.82. The Bertz CT molecular complexity index is 338. The highest BCUT2D eigenvalue weighted by atomic mass is 16.6. The molecule has 0 aliphatic rings. The van der Waals surface area contributed by atoms with Crippen LogP contribution in [0.15, 0.2) is 12.1 Å². The van der Waals surface area contributed by atoms with Gasteiger partial charge in [-0.2, -0.15) is 0 Å². The summed E-state index contributed by atoms with van der Waals surface area (Å²) in [6, 6.07) is 3.84. The lowest BCUT2D eigenvalue weighted by molar-refractivity contribution is 0.122. The largest absolute Gasteiger partial charge is 0.507 e. The molecule has 0 unspecified atom stereocenters. The Balaban J connectivity index is 3.04. The van der Waals surface area contributed by atoms with Crippen molar-refractivity contribution in [3.63, 3.8) is 0 Å². The van der Waals surface area contributed by atoms with E-state index < -0.39 is 0 Å². The molecule has 1 rings (SSSR count). The van der Waals surface area contributed by atoms with Gasteiger partial charge in [-0.1, -0.05) is 11.6 Å². The van der Waals surface area contributed by atoms with Crippen molar-refractivity contribution in [2.75, 3.05) is 14.1 Å². The molecule has 0 spiro atoms. The Kier molecular flexibility index (Phi) is 4.08. The zero-order valence-electron chi connectivity index (χ0n) is 9.45. The minimum atomic E-state index is 0.230. The highest BCUT2D eigenvalue weighted by molar-refractivity contribution is 5.43. The highest BCUT2D eigenvalue weighted by Gasteiger charge is 2.09. The Morgan fingerprint density at radius 2 is 1.93 bits per heavy atom. The van der Waals surface area contributed by atoms with Crippen LogP contribution in [0.5, 0.6) is 5.75 Å². The molecule has 0 fully saturated rings. The summed E-state index contributed by atoms with van der Waals surface area (Å²) in [6.07, 6.45) is 0. The molecule has 0 radical (unpaired) electrons. The summed E-state index contributed by atoms with van der Waals surface area (Å²) in [6.45, 7) is 2.91. The second-order valence-corrected chi connectivity index (χ2v) is 3.98. The lowest BCUT2D eigenvalue weighted by atomic mass is 10.0. The van der Waals surface area contributed by atoms with Gasteiger partial charge in [0, 0.05) is 17.7 Å². The summed E-state index contributed by atoms with van der Waals surface area (Å²) in [5.74, 6) is 5.29. The number of hydrogen-bond acceptors (Lipinski definition) is 4. The molecule has 0 saturated heterocycles. The Morgan fingerprint density at radius 3 is 2.47 bits per heavy atom. The third-order valence-electron chi connectivity index (χ3n) is 2.14. The molecule has 0 saturated carbocycles. The van der Waals surface area contributed by atoms with E-state index in [1.165, 1.54) is 0 Å². The van der Waals surface area contributed by atoms with Crippen LogP contribution >= 0.6 is 0 Å². The van der Waals surface area contributed by atoms with Gasteiger partial charge in [0.15, 0.2) is 0 Å². The van der Waals surface area contributed by atoms with Crippen LogP contribution in [0.25, 0.3) is 0 Å². The van der Waals surface area contributed by atoms with Crippen LogP contribution in [0.4, 0.5) is 0 Å². The van der Waals surface area contributed by atoms with Crippen molar-refractivity contribution in [1.29, 1.82) is 0 Å². The Morgan fingerprint density at radius 1 is 1.33 bits per heavy atom. The highest BCUT2D eigenvalue weighted by Crippen LogP contribution is 2.25. The molecule has 4 nitrogen and oxygen atoms in total. The molecule has 0 aromatic heterocycles. The number of aromatic hydroxyl groups is 1. The fourth-order valence-electron chi connectivity index (χ4n) is 1.60. The van der Waals surface area contributed by atoms with Crippen LogP contribution in [-0.4, -0.2) is 24.1 Å². The Hall–Kier alpha value is -1.10. The first-order chi connectivity index (χ1) is 7.04. The van der Waals surface area contributed by atoms with Crippen molar-refractivity contribution in [2.45, 2.75) is 20.1 Å². The monoisotopic (exact) mass is 210 g/mol. The molecule has 84 valence electrons. The summed E-state index contributed by atoms with van der Waals surface area (Å²) in [5.41, 5.74) is 2.72. The van der Waals surface area contributed by atoms with Crippen molar-refractivity contribution < 1.29 is 9.94 Å². The summed E-state index contributed by atoms with van der Waals surface area (Å²) in [4.78, 5) is 6.55. The smallest absolute Gasteiger partial charge is 0.125 e. The summed E-state index contributed by atoms with van der Waals surface area (Å²) >= 11 is 0.